The molecule has 1 saturated heterocycles. The van der Waals surface area contributed by atoms with Crippen molar-refractivity contribution < 1.29 is 9.64 Å². The molecule has 0 aliphatic carbocycles. The summed E-state index contributed by atoms with van der Waals surface area (Å²) in [5.41, 5.74) is 0.952. The Morgan fingerprint density at radius 3 is 3.10 bits per heavy atom. The summed E-state index contributed by atoms with van der Waals surface area (Å²) in [5.74, 6) is 0.829. The van der Waals surface area contributed by atoms with Gasteiger partial charge < -0.3 is 20.3 Å². The quantitative estimate of drug-likeness (QED) is 0.710. The molecule has 2 atom stereocenters. The molecular weight excluding hydrogens is 270 g/mol. The molecule has 0 amide bonds. The lowest BCUT2D eigenvalue weighted by atomic mass is 10.2. The van der Waals surface area contributed by atoms with Crippen LogP contribution in [0.1, 0.15) is 19.8 Å². The summed E-state index contributed by atoms with van der Waals surface area (Å²) in [4.78, 5) is 1.68. The lowest BCUT2D eigenvalue weighted by Crippen LogP contribution is -3.14. The zero-order chi connectivity index (χ0) is 14.4. The van der Waals surface area contributed by atoms with Crippen LogP contribution in [-0.4, -0.2) is 37.9 Å². The van der Waals surface area contributed by atoms with Gasteiger partial charge in [0, 0.05) is 24.6 Å². The fourth-order valence-electron chi connectivity index (χ4n) is 2.79. The highest BCUT2D eigenvalue weighted by molar-refractivity contribution is 7.80. The SMILES string of the molecule is CC[NH+]1CCC[C@@H]1CNC(=S)Nc1cccc(OC)c1. The Kier molecular flexibility index (Phi) is 5.61. The van der Waals surface area contributed by atoms with Crippen molar-refractivity contribution in [2.75, 3.05) is 32.1 Å². The van der Waals surface area contributed by atoms with Gasteiger partial charge in [0.2, 0.25) is 0 Å². The summed E-state index contributed by atoms with van der Waals surface area (Å²) in [6, 6.07) is 8.47. The highest BCUT2D eigenvalue weighted by Gasteiger charge is 2.26. The average Bonchev–Trinajstić information content (AvgIpc) is 2.93. The number of likely N-dealkylation sites (tertiary alicyclic amines) is 1. The number of benzene rings is 1. The minimum atomic E-state index is 0.681. The fraction of sp³-hybridized carbons (Fsp3) is 0.533. The predicted molar refractivity (Wildman–Crippen MR) is 86.6 cm³/mol. The smallest absolute Gasteiger partial charge is 0.170 e. The van der Waals surface area contributed by atoms with Gasteiger partial charge in [0.25, 0.3) is 0 Å². The Morgan fingerprint density at radius 1 is 1.50 bits per heavy atom. The molecule has 110 valence electrons. The lowest BCUT2D eigenvalue weighted by molar-refractivity contribution is -0.909. The van der Waals surface area contributed by atoms with Gasteiger partial charge in [0.1, 0.15) is 11.8 Å². The first-order chi connectivity index (χ1) is 9.72. The van der Waals surface area contributed by atoms with Gasteiger partial charge in [0.15, 0.2) is 5.11 Å². The normalized spacial score (nSPS) is 21.5. The standard InChI is InChI=1S/C15H23N3OS/c1-3-18-9-5-7-13(18)11-16-15(20)17-12-6-4-8-14(10-12)19-2/h4,6,8,10,13H,3,5,7,9,11H2,1-2H3,(H2,16,17,20)/p+1/t13-/m1/s1. The first-order valence-electron chi connectivity index (χ1n) is 7.26. The van der Waals surface area contributed by atoms with E-state index < -0.39 is 0 Å². The number of ether oxygens (including phenoxy) is 1. The van der Waals surface area contributed by atoms with E-state index in [1.165, 1.54) is 25.9 Å². The van der Waals surface area contributed by atoms with Crippen molar-refractivity contribution in [1.29, 1.82) is 0 Å². The predicted octanol–water partition coefficient (Wildman–Crippen LogP) is 1.05. The second-order valence-corrected chi connectivity index (χ2v) is 5.58. The van der Waals surface area contributed by atoms with Gasteiger partial charge in [-0.1, -0.05) is 6.07 Å². The Morgan fingerprint density at radius 2 is 2.35 bits per heavy atom. The maximum atomic E-state index is 5.35. The Labute approximate surface area is 126 Å². The van der Waals surface area contributed by atoms with E-state index in [1.807, 2.05) is 24.3 Å². The van der Waals surface area contributed by atoms with Gasteiger partial charge in [-0.25, -0.2) is 0 Å². The summed E-state index contributed by atoms with van der Waals surface area (Å²) in [7, 11) is 1.66. The maximum Gasteiger partial charge on any atom is 0.170 e. The summed E-state index contributed by atoms with van der Waals surface area (Å²) in [6.07, 6.45) is 2.61. The van der Waals surface area contributed by atoms with Crippen LogP contribution in [0.3, 0.4) is 0 Å². The minimum absolute atomic E-state index is 0.681. The van der Waals surface area contributed by atoms with Gasteiger partial charge in [-0.05, 0) is 31.3 Å². The minimum Gasteiger partial charge on any atom is -0.497 e. The number of hydrogen-bond donors (Lipinski definition) is 3. The van der Waals surface area contributed by atoms with Gasteiger partial charge in [-0.2, -0.15) is 0 Å². The lowest BCUT2D eigenvalue weighted by Gasteiger charge is -2.21. The number of thiocarbonyl (C=S) groups is 1. The molecule has 1 unspecified atom stereocenters. The van der Waals surface area contributed by atoms with E-state index in [0.717, 1.165) is 18.0 Å². The van der Waals surface area contributed by atoms with Crippen LogP contribution in [0, 0.1) is 0 Å². The van der Waals surface area contributed by atoms with E-state index in [-0.39, 0.29) is 0 Å². The van der Waals surface area contributed by atoms with E-state index in [2.05, 4.69) is 17.6 Å². The van der Waals surface area contributed by atoms with Crippen molar-refractivity contribution in [1.82, 2.24) is 5.32 Å². The van der Waals surface area contributed by atoms with Gasteiger partial charge >= 0.3 is 0 Å². The Bertz CT molecular complexity index is 452. The second-order valence-electron chi connectivity index (χ2n) is 5.17. The highest BCUT2D eigenvalue weighted by Crippen LogP contribution is 2.16. The van der Waals surface area contributed by atoms with Gasteiger partial charge in [0.05, 0.1) is 26.7 Å². The molecule has 1 aromatic carbocycles. The van der Waals surface area contributed by atoms with Crippen LogP contribution in [0.2, 0.25) is 0 Å². The number of methoxy groups -OCH3 is 1. The molecule has 4 nitrogen and oxygen atoms in total. The first kappa shape index (κ1) is 15.1. The van der Waals surface area contributed by atoms with Gasteiger partial charge in [-0.3, -0.25) is 0 Å². The van der Waals surface area contributed by atoms with Crippen molar-refractivity contribution in [3.05, 3.63) is 24.3 Å². The van der Waals surface area contributed by atoms with Crippen LogP contribution >= 0.6 is 12.2 Å². The molecule has 0 spiro atoms. The maximum absolute atomic E-state index is 5.35. The topological polar surface area (TPSA) is 37.7 Å². The third-order valence-corrected chi connectivity index (χ3v) is 4.16. The third kappa shape index (κ3) is 4.08. The zero-order valence-electron chi connectivity index (χ0n) is 12.2. The Hall–Kier alpha value is -1.33. The number of nitrogens with one attached hydrogen (secondary N) is 3. The molecule has 1 aromatic rings. The van der Waals surface area contributed by atoms with Gasteiger partial charge in [-0.15, -0.1) is 0 Å². The van der Waals surface area contributed by atoms with Crippen LogP contribution in [0.15, 0.2) is 24.3 Å². The summed E-state index contributed by atoms with van der Waals surface area (Å²) in [6.45, 7) is 5.68. The number of anilines is 1. The number of hydrogen-bond acceptors (Lipinski definition) is 2. The molecule has 0 bridgehead atoms. The summed E-state index contributed by atoms with van der Waals surface area (Å²) >= 11 is 5.35. The number of rotatable bonds is 5. The van der Waals surface area contributed by atoms with E-state index in [9.17, 15) is 0 Å². The van der Waals surface area contributed by atoms with Crippen LogP contribution in [0.25, 0.3) is 0 Å². The number of quaternary nitrogens is 1. The van der Waals surface area contributed by atoms with Crippen molar-refractivity contribution in [3.63, 3.8) is 0 Å². The molecule has 2 rings (SSSR count). The Balaban J connectivity index is 1.80. The van der Waals surface area contributed by atoms with E-state index in [0.29, 0.717) is 11.2 Å². The van der Waals surface area contributed by atoms with Crippen molar-refractivity contribution in [2.45, 2.75) is 25.8 Å². The van der Waals surface area contributed by atoms with Crippen molar-refractivity contribution in [3.8, 4) is 5.75 Å². The van der Waals surface area contributed by atoms with E-state index >= 15 is 0 Å². The molecule has 5 heteroatoms. The monoisotopic (exact) mass is 294 g/mol. The van der Waals surface area contributed by atoms with E-state index in [1.54, 1.807) is 12.0 Å². The first-order valence-corrected chi connectivity index (χ1v) is 7.67. The van der Waals surface area contributed by atoms with Crippen LogP contribution in [0.4, 0.5) is 5.69 Å². The van der Waals surface area contributed by atoms with Crippen LogP contribution in [-0.2, 0) is 0 Å². The summed E-state index contributed by atoms with van der Waals surface area (Å²) in [5, 5.41) is 7.22. The summed E-state index contributed by atoms with van der Waals surface area (Å²) < 4.78 is 5.20. The second kappa shape index (κ2) is 7.45. The number of likely N-dealkylation sites (N-methyl/N-ethyl adjacent to an activating group) is 1. The molecule has 3 N–H and O–H groups in total. The molecule has 0 aromatic heterocycles. The van der Waals surface area contributed by atoms with Crippen LogP contribution < -0.4 is 20.3 Å². The molecule has 1 fully saturated rings. The highest BCUT2D eigenvalue weighted by atomic mass is 32.1. The van der Waals surface area contributed by atoms with Crippen LogP contribution in [0.5, 0.6) is 5.75 Å². The average molecular weight is 294 g/mol. The molecule has 1 heterocycles. The zero-order valence-corrected chi connectivity index (χ0v) is 13.1. The fourth-order valence-corrected chi connectivity index (χ4v) is 2.99. The largest absolute Gasteiger partial charge is 0.497 e. The molecule has 0 radical (unpaired) electrons. The molecule has 20 heavy (non-hydrogen) atoms. The van der Waals surface area contributed by atoms with E-state index in [4.69, 9.17) is 17.0 Å². The van der Waals surface area contributed by atoms with Crippen molar-refractivity contribution >= 4 is 23.0 Å². The molecule has 0 saturated carbocycles. The molecule has 1 aliphatic rings. The third-order valence-electron chi connectivity index (χ3n) is 3.92. The molecular formula is C15H24N3OS+. The van der Waals surface area contributed by atoms with Crippen molar-refractivity contribution in [2.24, 2.45) is 0 Å². The molecule has 1 aliphatic heterocycles.